The second-order valence-corrected chi connectivity index (χ2v) is 5.63. The van der Waals surface area contributed by atoms with Crippen molar-refractivity contribution in [2.24, 2.45) is 5.92 Å². The summed E-state index contributed by atoms with van der Waals surface area (Å²) in [5.74, 6) is -1.64. The van der Waals surface area contributed by atoms with E-state index in [0.717, 1.165) is 5.69 Å². The minimum atomic E-state index is -2.34. The first-order chi connectivity index (χ1) is 8.15. The lowest BCUT2D eigenvalue weighted by Crippen LogP contribution is -2.21. The summed E-state index contributed by atoms with van der Waals surface area (Å²) in [6, 6.07) is 7.80. The average molecular weight is 257 g/mol. The van der Waals surface area contributed by atoms with Crippen molar-refractivity contribution in [3.05, 3.63) is 24.3 Å². The van der Waals surface area contributed by atoms with Crippen molar-refractivity contribution in [3.8, 4) is 0 Å². The molecule has 1 fully saturated rings. The third-order valence-corrected chi connectivity index (χ3v) is 4.02. The summed E-state index contributed by atoms with van der Waals surface area (Å²) in [4.78, 5) is 0.616. The van der Waals surface area contributed by atoms with Crippen molar-refractivity contribution in [2.45, 2.75) is 42.9 Å². The molecular weight excluding hydrogens is 240 g/mol. The van der Waals surface area contributed by atoms with Gasteiger partial charge in [-0.3, -0.25) is 0 Å². The Morgan fingerprint density at radius 3 is 2.47 bits per heavy atom. The Morgan fingerprint density at radius 1 is 1.24 bits per heavy atom. The van der Waals surface area contributed by atoms with Gasteiger partial charge < -0.3 is 5.32 Å². The number of alkyl halides is 2. The lowest BCUT2D eigenvalue weighted by Gasteiger charge is -2.18. The van der Waals surface area contributed by atoms with Crippen LogP contribution in [0.3, 0.4) is 0 Å². The van der Waals surface area contributed by atoms with Gasteiger partial charge in [-0.2, -0.15) is 8.78 Å². The number of halogens is 2. The van der Waals surface area contributed by atoms with E-state index in [1.165, 1.54) is 19.3 Å². The highest BCUT2D eigenvalue weighted by molar-refractivity contribution is 7.99. The van der Waals surface area contributed by atoms with Gasteiger partial charge in [-0.1, -0.05) is 25.1 Å². The highest BCUT2D eigenvalue weighted by Gasteiger charge is 2.22. The molecule has 17 heavy (non-hydrogen) atoms. The molecule has 0 saturated heterocycles. The Balaban J connectivity index is 1.93. The van der Waals surface area contributed by atoms with Crippen LogP contribution in [0.15, 0.2) is 29.2 Å². The van der Waals surface area contributed by atoms with Gasteiger partial charge in [0.15, 0.2) is 0 Å². The molecular formula is C13H17F2NS. The Morgan fingerprint density at radius 2 is 1.94 bits per heavy atom. The van der Waals surface area contributed by atoms with E-state index in [9.17, 15) is 8.78 Å². The zero-order chi connectivity index (χ0) is 12.3. The van der Waals surface area contributed by atoms with Gasteiger partial charge in [0.05, 0.1) is 0 Å². The molecule has 1 nitrogen and oxygen atoms in total. The lowest BCUT2D eigenvalue weighted by atomic mass is 10.1. The molecule has 1 aromatic carbocycles. The largest absolute Gasteiger partial charge is 0.382 e. The number of thioether (sulfide) groups is 1. The number of nitrogens with one attached hydrogen (secondary N) is 1. The van der Waals surface area contributed by atoms with Gasteiger partial charge in [-0.25, -0.2) is 0 Å². The molecule has 94 valence electrons. The van der Waals surface area contributed by atoms with E-state index in [-0.39, 0.29) is 0 Å². The molecule has 4 heteroatoms. The average Bonchev–Trinajstić information content (AvgIpc) is 2.67. The molecule has 0 aliphatic heterocycles. The van der Waals surface area contributed by atoms with Gasteiger partial charge >= 0.3 is 0 Å². The maximum absolute atomic E-state index is 12.1. The molecule has 0 spiro atoms. The van der Waals surface area contributed by atoms with Crippen molar-refractivity contribution in [1.29, 1.82) is 0 Å². The Kier molecular flexibility index (Phi) is 4.26. The van der Waals surface area contributed by atoms with Crippen LogP contribution in [0.2, 0.25) is 0 Å². The number of hydrogen-bond acceptors (Lipinski definition) is 2. The summed E-state index contributed by atoms with van der Waals surface area (Å²) in [5.41, 5.74) is 1.03. The number of hydrogen-bond donors (Lipinski definition) is 1. The maximum Gasteiger partial charge on any atom is 0.288 e. The molecule has 1 N–H and O–H groups in total. The van der Waals surface area contributed by atoms with Crippen LogP contribution in [0, 0.1) is 5.92 Å². The van der Waals surface area contributed by atoms with E-state index in [0.29, 0.717) is 28.6 Å². The molecule has 1 aliphatic carbocycles. The molecule has 1 aliphatic rings. The molecule has 0 amide bonds. The first-order valence-electron chi connectivity index (χ1n) is 5.96. The van der Waals surface area contributed by atoms with E-state index >= 15 is 0 Å². The number of rotatable bonds is 4. The smallest absolute Gasteiger partial charge is 0.288 e. The summed E-state index contributed by atoms with van der Waals surface area (Å²) in [6.07, 6.45) is 3.75. The van der Waals surface area contributed by atoms with Crippen molar-refractivity contribution in [2.75, 3.05) is 5.32 Å². The summed E-state index contributed by atoms with van der Waals surface area (Å²) < 4.78 is 24.3. The van der Waals surface area contributed by atoms with Crippen LogP contribution < -0.4 is 5.32 Å². The predicted molar refractivity (Wildman–Crippen MR) is 68.7 cm³/mol. The Labute approximate surface area is 105 Å². The van der Waals surface area contributed by atoms with E-state index in [1.54, 1.807) is 12.1 Å². The van der Waals surface area contributed by atoms with Crippen LogP contribution >= 0.6 is 11.8 Å². The fourth-order valence-corrected chi connectivity index (χ4v) is 2.81. The normalized spacial score (nSPS) is 24.2. The van der Waals surface area contributed by atoms with Crippen molar-refractivity contribution in [1.82, 2.24) is 0 Å². The fraction of sp³-hybridized carbons (Fsp3) is 0.538. The molecule has 0 aromatic heterocycles. The zero-order valence-electron chi connectivity index (χ0n) is 9.83. The van der Waals surface area contributed by atoms with Crippen molar-refractivity contribution < 1.29 is 8.78 Å². The van der Waals surface area contributed by atoms with Crippen LogP contribution in [0.5, 0.6) is 0 Å². The second kappa shape index (κ2) is 5.71. The van der Waals surface area contributed by atoms with Gasteiger partial charge in [-0.15, -0.1) is 0 Å². The minimum absolute atomic E-state index is 0.531. The quantitative estimate of drug-likeness (QED) is 0.791. The number of benzene rings is 1. The lowest BCUT2D eigenvalue weighted by molar-refractivity contribution is 0.252. The molecule has 2 rings (SSSR count). The van der Waals surface area contributed by atoms with Crippen LogP contribution in [0.25, 0.3) is 0 Å². The maximum atomic E-state index is 12.1. The van der Waals surface area contributed by atoms with Crippen LogP contribution in [-0.4, -0.2) is 11.8 Å². The van der Waals surface area contributed by atoms with Gasteiger partial charge in [0.1, 0.15) is 0 Å². The van der Waals surface area contributed by atoms with Crippen molar-refractivity contribution >= 4 is 17.4 Å². The van der Waals surface area contributed by atoms with E-state index in [4.69, 9.17) is 0 Å². The highest BCUT2D eigenvalue weighted by atomic mass is 32.2. The molecule has 2 unspecified atom stereocenters. The van der Waals surface area contributed by atoms with Gasteiger partial charge in [0, 0.05) is 16.6 Å². The molecule has 0 heterocycles. The molecule has 0 radical (unpaired) electrons. The number of anilines is 1. The molecule has 2 atom stereocenters. The first kappa shape index (κ1) is 12.7. The Bertz CT molecular complexity index is 353. The summed E-state index contributed by atoms with van der Waals surface area (Å²) in [5, 5.41) is 3.47. The van der Waals surface area contributed by atoms with E-state index in [1.807, 2.05) is 12.1 Å². The Hall–Kier alpha value is -0.770. The summed E-state index contributed by atoms with van der Waals surface area (Å²) >= 11 is 0.589. The second-order valence-electron chi connectivity index (χ2n) is 4.56. The fourth-order valence-electron chi connectivity index (χ4n) is 2.31. The molecule has 1 aromatic rings. The van der Waals surface area contributed by atoms with Gasteiger partial charge in [0.25, 0.3) is 5.76 Å². The molecule has 1 saturated carbocycles. The molecule has 0 bridgehead atoms. The third kappa shape index (κ3) is 3.60. The third-order valence-electron chi connectivity index (χ3n) is 3.29. The van der Waals surface area contributed by atoms with E-state index in [2.05, 4.69) is 12.2 Å². The zero-order valence-corrected chi connectivity index (χ0v) is 10.6. The summed E-state index contributed by atoms with van der Waals surface area (Å²) in [6.45, 7) is 2.26. The first-order valence-corrected chi connectivity index (χ1v) is 6.84. The van der Waals surface area contributed by atoms with Crippen LogP contribution in [-0.2, 0) is 0 Å². The topological polar surface area (TPSA) is 12.0 Å². The SMILES string of the molecule is CC1CCCC1Nc1ccc(SC(F)F)cc1. The summed E-state index contributed by atoms with van der Waals surface area (Å²) in [7, 11) is 0. The van der Waals surface area contributed by atoms with Crippen LogP contribution in [0.1, 0.15) is 26.2 Å². The van der Waals surface area contributed by atoms with Gasteiger partial charge in [-0.05, 0) is 43.0 Å². The van der Waals surface area contributed by atoms with Crippen LogP contribution in [0.4, 0.5) is 14.5 Å². The minimum Gasteiger partial charge on any atom is -0.382 e. The van der Waals surface area contributed by atoms with Crippen molar-refractivity contribution in [3.63, 3.8) is 0 Å². The highest BCUT2D eigenvalue weighted by Crippen LogP contribution is 2.30. The monoisotopic (exact) mass is 257 g/mol. The van der Waals surface area contributed by atoms with Gasteiger partial charge in [0.2, 0.25) is 0 Å². The predicted octanol–water partition coefficient (Wildman–Crippen LogP) is 4.60. The standard InChI is InChI=1S/C13H17F2NS/c1-9-3-2-4-12(9)16-10-5-7-11(8-6-10)17-13(14)15/h5-9,12-13,16H,2-4H2,1H3. The van der Waals surface area contributed by atoms with E-state index < -0.39 is 5.76 Å².